The minimum absolute atomic E-state index is 1.01. The first-order valence-electron chi connectivity index (χ1n) is 5.35. The van der Waals surface area contributed by atoms with Crippen molar-refractivity contribution in [2.75, 3.05) is 26.2 Å². The Bertz CT molecular complexity index is 100. The molecular formula is C10H22N2. The molecule has 0 aromatic rings. The molecule has 0 radical (unpaired) electrons. The molecule has 2 heteroatoms. The van der Waals surface area contributed by atoms with Gasteiger partial charge in [-0.2, -0.15) is 0 Å². The van der Waals surface area contributed by atoms with Gasteiger partial charge in [0.15, 0.2) is 0 Å². The molecule has 0 saturated heterocycles. The molecule has 2 nitrogen and oxygen atoms in total. The van der Waals surface area contributed by atoms with E-state index in [9.17, 15) is 0 Å². The monoisotopic (exact) mass is 170 g/mol. The summed E-state index contributed by atoms with van der Waals surface area (Å²) in [5, 5.41) is 6.88. The minimum atomic E-state index is 1.01. The molecule has 72 valence electrons. The summed E-state index contributed by atoms with van der Waals surface area (Å²) in [4.78, 5) is 0. The first kappa shape index (κ1) is 10.0. The second-order valence-electron chi connectivity index (χ2n) is 3.75. The van der Waals surface area contributed by atoms with Gasteiger partial charge in [0.1, 0.15) is 0 Å². The molecule has 2 N–H and O–H groups in total. The second kappa shape index (κ2) is 6.44. The highest BCUT2D eigenvalue weighted by atomic mass is 14.9. The third-order valence-corrected chi connectivity index (χ3v) is 2.32. The van der Waals surface area contributed by atoms with E-state index < -0.39 is 0 Å². The lowest BCUT2D eigenvalue weighted by atomic mass is 10.3. The van der Waals surface area contributed by atoms with Crippen LogP contribution in [0.2, 0.25) is 0 Å². The summed E-state index contributed by atoms with van der Waals surface area (Å²) in [5.74, 6) is 1.01. The Hall–Kier alpha value is -0.0800. The van der Waals surface area contributed by atoms with E-state index in [4.69, 9.17) is 0 Å². The lowest BCUT2D eigenvalue weighted by molar-refractivity contribution is 0.577. The van der Waals surface area contributed by atoms with Crippen LogP contribution in [0.3, 0.4) is 0 Å². The third kappa shape index (κ3) is 5.56. The summed E-state index contributed by atoms with van der Waals surface area (Å²) < 4.78 is 0. The van der Waals surface area contributed by atoms with Crippen LogP contribution in [0.25, 0.3) is 0 Å². The Morgan fingerprint density at radius 3 is 2.50 bits per heavy atom. The van der Waals surface area contributed by atoms with Gasteiger partial charge in [-0.25, -0.2) is 0 Å². The van der Waals surface area contributed by atoms with Crippen molar-refractivity contribution in [1.29, 1.82) is 0 Å². The van der Waals surface area contributed by atoms with Gasteiger partial charge in [-0.15, -0.1) is 0 Å². The Morgan fingerprint density at radius 2 is 1.83 bits per heavy atom. The summed E-state index contributed by atoms with van der Waals surface area (Å²) >= 11 is 0. The van der Waals surface area contributed by atoms with Crippen molar-refractivity contribution in [2.45, 2.75) is 32.6 Å². The Kier molecular flexibility index (Phi) is 5.37. The number of nitrogens with one attached hydrogen (secondary N) is 2. The summed E-state index contributed by atoms with van der Waals surface area (Å²) in [7, 11) is 0. The smallest absolute Gasteiger partial charge is 0.00768 e. The maximum atomic E-state index is 3.46. The lowest BCUT2D eigenvalue weighted by Crippen LogP contribution is -2.29. The zero-order valence-electron chi connectivity index (χ0n) is 8.23. The molecule has 0 amide bonds. The van der Waals surface area contributed by atoms with Crippen LogP contribution < -0.4 is 10.6 Å². The van der Waals surface area contributed by atoms with Gasteiger partial charge in [-0.3, -0.25) is 0 Å². The van der Waals surface area contributed by atoms with E-state index in [1.165, 1.54) is 38.8 Å². The van der Waals surface area contributed by atoms with E-state index in [1.807, 2.05) is 0 Å². The highest BCUT2D eigenvalue weighted by molar-refractivity contribution is 4.75. The Balaban J connectivity index is 1.65. The fourth-order valence-corrected chi connectivity index (χ4v) is 1.23. The Morgan fingerprint density at radius 1 is 1.08 bits per heavy atom. The van der Waals surface area contributed by atoms with E-state index in [1.54, 1.807) is 0 Å². The zero-order valence-corrected chi connectivity index (χ0v) is 8.23. The number of rotatable bonds is 8. The van der Waals surface area contributed by atoms with Crippen molar-refractivity contribution in [1.82, 2.24) is 10.6 Å². The van der Waals surface area contributed by atoms with E-state index in [0.717, 1.165) is 19.0 Å². The molecule has 0 atom stereocenters. The molecule has 0 aromatic heterocycles. The molecule has 1 aliphatic carbocycles. The molecule has 1 rings (SSSR count). The molecule has 1 fully saturated rings. The summed E-state index contributed by atoms with van der Waals surface area (Å²) in [6.07, 6.45) is 5.51. The van der Waals surface area contributed by atoms with Crippen molar-refractivity contribution < 1.29 is 0 Å². The largest absolute Gasteiger partial charge is 0.315 e. The Labute approximate surface area is 76.1 Å². The molecule has 1 saturated carbocycles. The van der Waals surface area contributed by atoms with Crippen LogP contribution in [0.1, 0.15) is 32.6 Å². The predicted molar refractivity (Wildman–Crippen MR) is 53.4 cm³/mol. The third-order valence-electron chi connectivity index (χ3n) is 2.32. The molecule has 0 spiro atoms. The fraction of sp³-hybridized carbons (Fsp3) is 1.00. The van der Waals surface area contributed by atoms with Crippen LogP contribution >= 0.6 is 0 Å². The number of hydrogen-bond donors (Lipinski definition) is 2. The standard InChI is InChI=1S/C10H22N2/c1-2-3-6-11-7-8-12-9-10-4-5-10/h10-12H,2-9H2,1H3. The van der Waals surface area contributed by atoms with E-state index in [2.05, 4.69) is 17.6 Å². The molecule has 0 bridgehead atoms. The van der Waals surface area contributed by atoms with Crippen molar-refractivity contribution in [3.8, 4) is 0 Å². The first-order chi connectivity index (χ1) is 5.93. The van der Waals surface area contributed by atoms with Crippen LogP contribution in [0.15, 0.2) is 0 Å². The van der Waals surface area contributed by atoms with Gasteiger partial charge in [0.2, 0.25) is 0 Å². The quantitative estimate of drug-likeness (QED) is 0.538. The molecule has 0 heterocycles. The molecule has 12 heavy (non-hydrogen) atoms. The highest BCUT2D eigenvalue weighted by Gasteiger charge is 2.19. The second-order valence-corrected chi connectivity index (χ2v) is 3.75. The molecule has 0 aliphatic heterocycles. The minimum Gasteiger partial charge on any atom is -0.315 e. The molecular weight excluding hydrogens is 148 g/mol. The van der Waals surface area contributed by atoms with Gasteiger partial charge in [0.25, 0.3) is 0 Å². The average Bonchev–Trinajstić information content (AvgIpc) is 2.87. The number of unbranched alkanes of at least 4 members (excludes halogenated alkanes) is 1. The van der Waals surface area contributed by atoms with Crippen LogP contribution in [0.5, 0.6) is 0 Å². The normalized spacial score (nSPS) is 16.8. The average molecular weight is 170 g/mol. The topological polar surface area (TPSA) is 24.1 Å². The molecule has 1 aliphatic rings. The maximum Gasteiger partial charge on any atom is 0.00768 e. The SMILES string of the molecule is CCCCNCCNCC1CC1. The summed E-state index contributed by atoms with van der Waals surface area (Å²) in [6.45, 7) is 6.93. The van der Waals surface area contributed by atoms with E-state index in [0.29, 0.717) is 0 Å². The summed E-state index contributed by atoms with van der Waals surface area (Å²) in [6, 6.07) is 0. The van der Waals surface area contributed by atoms with Gasteiger partial charge >= 0.3 is 0 Å². The molecule has 0 aromatic carbocycles. The molecule has 0 unspecified atom stereocenters. The zero-order chi connectivity index (χ0) is 8.65. The van der Waals surface area contributed by atoms with Gasteiger partial charge in [0.05, 0.1) is 0 Å². The van der Waals surface area contributed by atoms with E-state index >= 15 is 0 Å². The van der Waals surface area contributed by atoms with Gasteiger partial charge < -0.3 is 10.6 Å². The maximum absolute atomic E-state index is 3.46. The van der Waals surface area contributed by atoms with Crippen LogP contribution in [0.4, 0.5) is 0 Å². The number of hydrogen-bond acceptors (Lipinski definition) is 2. The van der Waals surface area contributed by atoms with Crippen LogP contribution in [0, 0.1) is 5.92 Å². The van der Waals surface area contributed by atoms with Gasteiger partial charge in [-0.1, -0.05) is 13.3 Å². The first-order valence-corrected chi connectivity index (χ1v) is 5.35. The van der Waals surface area contributed by atoms with Crippen molar-refractivity contribution >= 4 is 0 Å². The van der Waals surface area contributed by atoms with Crippen molar-refractivity contribution in [3.05, 3.63) is 0 Å². The van der Waals surface area contributed by atoms with Crippen molar-refractivity contribution in [3.63, 3.8) is 0 Å². The lowest BCUT2D eigenvalue weighted by Gasteiger charge is -2.04. The summed E-state index contributed by atoms with van der Waals surface area (Å²) in [5.41, 5.74) is 0. The highest BCUT2D eigenvalue weighted by Crippen LogP contribution is 2.27. The van der Waals surface area contributed by atoms with Gasteiger partial charge in [-0.05, 0) is 38.3 Å². The van der Waals surface area contributed by atoms with Crippen LogP contribution in [-0.4, -0.2) is 26.2 Å². The van der Waals surface area contributed by atoms with Crippen molar-refractivity contribution in [2.24, 2.45) is 5.92 Å². The van der Waals surface area contributed by atoms with Crippen LogP contribution in [-0.2, 0) is 0 Å². The fourth-order valence-electron chi connectivity index (χ4n) is 1.23. The van der Waals surface area contributed by atoms with Gasteiger partial charge in [0, 0.05) is 13.1 Å². The van der Waals surface area contributed by atoms with E-state index in [-0.39, 0.29) is 0 Å². The predicted octanol–water partition coefficient (Wildman–Crippen LogP) is 1.38.